The minimum atomic E-state index is -0.756. The highest BCUT2D eigenvalue weighted by atomic mass is 35.5. The predicted octanol–water partition coefficient (Wildman–Crippen LogP) is 2.84. The van der Waals surface area contributed by atoms with Crippen LogP contribution in [0.1, 0.15) is 31.2 Å². The highest BCUT2D eigenvalue weighted by Gasteiger charge is 2.38. The molecule has 0 atom stereocenters. The molecule has 0 heterocycles. The average molecular weight is 284 g/mol. The zero-order valence-electron chi connectivity index (χ0n) is 10.9. The summed E-state index contributed by atoms with van der Waals surface area (Å²) in [6.07, 6.45) is 3.07. The van der Waals surface area contributed by atoms with Crippen LogP contribution < -0.4 is 10.1 Å². The third kappa shape index (κ3) is 3.39. The summed E-state index contributed by atoms with van der Waals surface area (Å²) < 4.78 is 5.10. The first kappa shape index (κ1) is 14.2. The molecule has 1 fully saturated rings. The maximum Gasteiger partial charge on any atom is 0.305 e. The number of hydrogen-bond donors (Lipinski definition) is 2. The second kappa shape index (κ2) is 5.80. The molecule has 2 N–H and O–H groups in total. The second-order valence-corrected chi connectivity index (χ2v) is 5.42. The Balaban J connectivity index is 1.99. The molecule has 1 aliphatic rings. The van der Waals surface area contributed by atoms with Crippen molar-refractivity contribution in [3.63, 3.8) is 0 Å². The number of ether oxygens (including phenoxy) is 1. The van der Waals surface area contributed by atoms with E-state index < -0.39 is 5.97 Å². The molecule has 104 valence electrons. The van der Waals surface area contributed by atoms with E-state index in [4.69, 9.17) is 21.4 Å². The van der Waals surface area contributed by atoms with E-state index in [0.717, 1.165) is 30.6 Å². The van der Waals surface area contributed by atoms with Gasteiger partial charge in [0, 0.05) is 17.1 Å². The van der Waals surface area contributed by atoms with Crippen molar-refractivity contribution in [2.24, 2.45) is 0 Å². The van der Waals surface area contributed by atoms with Gasteiger partial charge in [-0.2, -0.15) is 0 Å². The molecule has 4 nitrogen and oxygen atoms in total. The van der Waals surface area contributed by atoms with Gasteiger partial charge >= 0.3 is 5.97 Å². The van der Waals surface area contributed by atoms with Crippen molar-refractivity contribution >= 4 is 17.6 Å². The van der Waals surface area contributed by atoms with Crippen LogP contribution in [0, 0.1) is 0 Å². The molecule has 1 saturated carbocycles. The van der Waals surface area contributed by atoms with E-state index in [0.29, 0.717) is 11.6 Å². The molecule has 1 aromatic rings. The van der Waals surface area contributed by atoms with E-state index in [1.165, 1.54) is 0 Å². The van der Waals surface area contributed by atoms with Crippen LogP contribution in [0.3, 0.4) is 0 Å². The van der Waals surface area contributed by atoms with Crippen LogP contribution >= 0.6 is 11.6 Å². The Hall–Kier alpha value is -1.26. The predicted molar refractivity (Wildman–Crippen MR) is 73.7 cm³/mol. The molecule has 0 aliphatic heterocycles. The minimum absolute atomic E-state index is 0.167. The van der Waals surface area contributed by atoms with Crippen molar-refractivity contribution in [1.82, 2.24) is 5.32 Å². The largest absolute Gasteiger partial charge is 0.497 e. The fourth-order valence-corrected chi connectivity index (χ4v) is 2.63. The first-order chi connectivity index (χ1) is 9.04. The Morgan fingerprint density at radius 3 is 2.74 bits per heavy atom. The van der Waals surface area contributed by atoms with Crippen LogP contribution in [0.25, 0.3) is 0 Å². The first-order valence-electron chi connectivity index (χ1n) is 6.34. The molecule has 1 aliphatic carbocycles. The maximum atomic E-state index is 10.9. The van der Waals surface area contributed by atoms with Crippen LogP contribution in [-0.4, -0.2) is 23.7 Å². The second-order valence-electron chi connectivity index (χ2n) is 5.02. The van der Waals surface area contributed by atoms with E-state index in [1.807, 2.05) is 12.1 Å². The topological polar surface area (TPSA) is 58.6 Å². The molecule has 0 aromatic heterocycles. The van der Waals surface area contributed by atoms with E-state index in [1.54, 1.807) is 13.2 Å². The average Bonchev–Trinajstić information content (AvgIpc) is 2.33. The van der Waals surface area contributed by atoms with Gasteiger partial charge < -0.3 is 15.2 Å². The molecule has 0 unspecified atom stereocenters. The van der Waals surface area contributed by atoms with E-state index in [-0.39, 0.29) is 12.0 Å². The molecular weight excluding hydrogens is 266 g/mol. The number of carbonyl (C=O) groups is 1. The van der Waals surface area contributed by atoms with Gasteiger partial charge in [0.15, 0.2) is 0 Å². The Labute approximate surface area is 117 Å². The van der Waals surface area contributed by atoms with Crippen molar-refractivity contribution in [3.05, 3.63) is 28.8 Å². The molecule has 0 bridgehead atoms. The lowest BCUT2D eigenvalue weighted by molar-refractivity contribution is -0.139. The van der Waals surface area contributed by atoms with Gasteiger partial charge in [-0.1, -0.05) is 17.7 Å². The van der Waals surface area contributed by atoms with Gasteiger partial charge in [0.05, 0.1) is 13.5 Å². The Kier molecular flexibility index (Phi) is 4.32. The summed E-state index contributed by atoms with van der Waals surface area (Å²) in [6.45, 7) is 0.579. The van der Waals surface area contributed by atoms with E-state index >= 15 is 0 Å². The van der Waals surface area contributed by atoms with Crippen molar-refractivity contribution in [2.75, 3.05) is 7.11 Å². The first-order valence-corrected chi connectivity index (χ1v) is 6.72. The standard InChI is InChI=1S/C14H18ClNO3/c1-19-11-4-3-10(12(15)7-11)9-16-14(5-2-6-14)8-13(17)18/h3-4,7,16H,2,5-6,8-9H2,1H3,(H,17,18). The zero-order chi connectivity index (χ0) is 13.9. The number of carboxylic acid groups (broad SMARTS) is 1. The molecule has 5 heteroatoms. The van der Waals surface area contributed by atoms with Crippen LogP contribution in [0.2, 0.25) is 5.02 Å². The number of methoxy groups -OCH3 is 1. The maximum absolute atomic E-state index is 10.9. The fraction of sp³-hybridized carbons (Fsp3) is 0.500. The zero-order valence-corrected chi connectivity index (χ0v) is 11.7. The Morgan fingerprint density at radius 2 is 2.26 bits per heavy atom. The Morgan fingerprint density at radius 1 is 1.53 bits per heavy atom. The van der Waals surface area contributed by atoms with Crippen molar-refractivity contribution in [2.45, 2.75) is 37.8 Å². The van der Waals surface area contributed by atoms with Gasteiger partial charge in [0.1, 0.15) is 5.75 Å². The van der Waals surface area contributed by atoms with Gasteiger partial charge in [-0.15, -0.1) is 0 Å². The monoisotopic (exact) mass is 283 g/mol. The molecule has 19 heavy (non-hydrogen) atoms. The molecule has 2 rings (SSSR count). The fourth-order valence-electron chi connectivity index (χ4n) is 2.39. The molecule has 0 radical (unpaired) electrons. The third-order valence-electron chi connectivity index (χ3n) is 3.71. The summed E-state index contributed by atoms with van der Waals surface area (Å²) in [5, 5.41) is 12.9. The number of nitrogens with one attached hydrogen (secondary N) is 1. The summed E-state index contributed by atoms with van der Waals surface area (Å²) in [6, 6.07) is 5.53. The van der Waals surface area contributed by atoms with Crippen LogP contribution in [-0.2, 0) is 11.3 Å². The summed E-state index contributed by atoms with van der Waals surface area (Å²) in [4.78, 5) is 10.9. The van der Waals surface area contributed by atoms with E-state index in [9.17, 15) is 4.79 Å². The molecule has 0 spiro atoms. The van der Waals surface area contributed by atoms with Gasteiger partial charge in [-0.3, -0.25) is 4.79 Å². The van der Waals surface area contributed by atoms with Crippen LogP contribution in [0.15, 0.2) is 18.2 Å². The lowest BCUT2D eigenvalue weighted by atomic mass is 9.74. The SMILES string of the molecule is COc1ccc(CNC2(CC(=O)O)CCC2)c(Cl)c1. The van der Waals surface area contributed by atoms with Crippen molar-refractivity contribution in [1.29, 1.82) is 0 Å². The molecule has 0 saturated heterocycles. The third-order valence-corrected chi connectivity index (χ3v) is 4.07. The van der Waals surface area contributed by atoms with E-state index in [2.05, 4.69) is 5.32 Å². The minimum Gasteiger partial charge on any atom is -0.497 e. The van der Waals surface area contributed by atoms with Gasteiger partial charge in [-0.25, -0.2) is 0 Å². The summed E-state index contributed by atoms with van der Waals surface area (Å²) in [5.41, 5.74) is 0.703. The number of carboxylic acids is 1. The van der Waals surface area contributed by atoms with Gasteiger partial charge in [-0.05, 0) is 37.0 Å². The highest BCUT2D eigenvalue weighted by Crippen LogP contribution is 2.35. The number of benzene rings is 1. The number of aliphatic carboxylic acids is 1. The normalized spacial score (nSPS) is 16.7. The van der Waals surface area contributed by atoms with Gasteiger partial charge in [0.25, 0.3) is 0 Å². The summed E-state index contributed by atoms with van der Waals surface area (Å²) in [7, 11) is 1.60. The van der Waals surface area contributed by atoms with Crippen LogP contribution in [0.5, 0.6) is 5.75 Å². The highest BCUT2D eigenvalue weighted by molar-refractivity contribution is 6.31. The summed E-state index contributed by atoms with van der Waals surface area (Å²) in [5.74, 6) is -0.0364. The smallest absolute Gasteiger partial charge is 0.305 e. The molecule has 1 aromatic carbocycles. The van der Waals surface area contributed by atoms with Crippen molar-refractivity contribution in [3.8, 4) is 5.75 Å². The summed E-state index contributed by atoms with van der Waals surface area (Å²) >= 11 is 6.17. The quantitative estimate of drug-likeness (QED) is 0.843. The number of halogens is 1. The Bertz CT molecular complexity index is 472. The van der Waals surface area contributed by atoms with Crippen molar-refractivity contribution < 1.29 is 14.6 Å². The molecular formula is C14H18ClNO3. The number of rotatable bonds is 6. The van der Waals surface area contributed by atoms with Gasteiger partial charge in [0.2, 0.25) is 0 Å². The van der Waals surface area contributed by atoms with Crippen LogP contribution in [0.4, 0.5) is 0 Å². The lowest BCUT2D eigenvalue weighted by Crippen LogP contribution is -2.51. The lowest BCUT2D eigenvalue weighted by Gasteiger charge is -2.42. The molecule has 0 amide bonds. The number of hydrogen-bond acceptors (Lipinski definition) is 3.